The number of aromatic carboxylic acids is 1. The lowest BCUT2D eigenvalue weighted by Crippen LogP contribution is -1.99. The van der Waals surface area contributed by atoms with Gasteiger partial charge in [-0.2, -0.15) is 10.4 Å². The molecule has 0 bridgehead atoms. The number of carboxylic acid groups (broad SMARTS) is 1. The average molecular weight is 257 g/mol. The first-order valence-electron chi connectivity index (χ1n) is 4.94. The van der Waals surface area contributed by atoms with Gasteiger partial charge in [0.05, 0.1) is 17.3 Å². The summed E-state index contributed by atoms with van der Waals surface area (Å²) in [5.41, 5.74) is 0.548. The van der Waals surface area contributed by atoms with Crippen LogP contribution in [0.15, 0.2) is 46.5 Å². The standard InChI is InChI=1S/C12H7N3O2S/c13-7-8-5-6-14-15-11(8)18-10-4-2-1-3-9(10)12(16)17/h1-6H,(H,16,17). The highest BCUT2D eigenvalue weighted by Gasteiger charge is 2.13. The minimum Gasteiger partial charge on any atom is -0.478 e. The maximum absolute atomic E-state index is 11.1. The number of nitriles is 1. The van der Waals surface area contributed by atoms with Gasteiger partial charge in [-0.15, -0.1) is 5.10 Å². The van der Waals surface area contributed by atoms with Gasteiger partial charge in [0, 0.05) is 4.90 Å². The van der Waals surface area contributed by atoms with E-state index in [-0.39, 0.29) is 5.56 Å². The Morgan fingerprint density at radius 1 is 1.33 bits per heavy atom. The smallest absolute Gasteiger partial charge is 0.336 e. The van der Waals surface area contributed by atoms with Crippen LogP contribution in [0, 0.1) is 11.3 Å². The molecule has 0 aliphatic heterocycles. The fourth-order valence-electron chi connectivity index (χ4n) is 1.32. The van der Waals surface area contributed by atoms with E-state index in [0.717, 1.165) is 11.8 Å². The van der Waals surface area contributed by atoms with Crippen molar-refractivity contribution < 1.29 is 9.90 Å². The number of carboxylic acids is 1. The fourth-order valence-corrected chi connectivity index (χ4v) is 2.25. The van der Waals surface area contributed by atoms with Crippen molar-refractivity contribution in [3.8, 4) is 6.07 Å². The van der Waals surface area contributed by atoms with Gasteiger partial charge in [0.2, 0.25) is 0 Å². The zero-order valence-electron chi connectivity index (χ0n) is 9.07. The van der Waals surface area contributed by atoms with Crippen molar-refractivity contribution in [2.24, 2.45) is 0 Å². The minimum atomic E-state index is -1.01. The molecule has 2 rings (SSSR count). The van der Waals surface area contributed by atoms with Gasteiger partial charge in [0.25, 0.3) is 0 Å². The van der Waals surface area contributed by atoms with E-state index in [1.165, 1.54) is 12.3 Å². The molecule has 1 N–H and O–H groups in total. The van der Waals surface area contributed by atoms with Crippen molar-refractivity contribution in [3.05, 3.63) is 47.7 Å². The van der Waals surface area contributed by atoms with E-state index < -0.39 is 5.97 Å². The van der Waals surface area contributed by atoms with E-state index in [4.69, 9.17) is 10.4 Å². The van der Waals surface area contributed by atoms with E-state index >= 15 is 0 Å². The van der Waals surface area contributed by atoms with Crippen molar-refractivity contribution in [1.82, 2.24) is 10.2 Å². The number of hydrogen-bond donors (Lipinski definition) is 1. The average Bonchev–Trinajstić information content (AvgIpc) is 2.40. The van der Waals surface area contributed by atoms with Gasteiger partial charge in [0.15, 0.2) is 0 Å². The van der Waals surface area contributed by atoms with Crippen LogP contribution in [0.1, 0.15) is 15.9 Å². The summed E-state index contributed by atoms with van der Waals surface area (Å²) in [5, 5.41) is 25.9. The summed E-state index contributed by atoms with van der Waals surface area (Å²) >= 11 is 1.12. The molecule has 6 heteroatoms. The quantitative estimate of drug-likeness (QED) is 0.906. The molecule has 2 aromatic rings. The van der Waals surface area contributed by atoms with Crippen LogP contribution in [0.4, 0.5) is 0 Å². The molecule has 5 nitrogen and oxygen atoms in total. The number of hydrogen-bond acceptors (Lipinski definition) is 5. The Morgan fingerprint density at radius 3 is 2.83 bits per heavy atom. The summed E-state index contributed by atoms with van der Waals surface area (Å²) in [7, 11) is 0. The third kappa shape index (κ3) is 2.47. The molecule has 1 aromatic heterocycles. The summed E-state index contributed by atoms with van der Waals surface area (Å²) in [6.45, 7) is 0. The van der Waals surface area contributed by atoms with Crippen LogP contribution in [0.5, 0.6) is 0 Å². The molecular formula is C12H7N3O2S. The van der Waals surface area contributed by atoms with Crippen molar-refractivity contribution in [2.75, 3.05) is 0 Å². The van der Waals surface area contributed by atoms with Crippen molar-refractivity contribution in [3.63, 3.8) is 0 Å². The minimum absolute atomic E-state index is 0.178. The molecule has 0 aliphatic carbocycles. The van der Waals surface area contributed by atoms with Gasteiger partial charge in [-0.3, -0.25) is 0 Å². The predicted molar refractivity (Wildman–Crippen MR) is 64.3 cm³/mol. The highest BCUT2D eigenvalue weighted by atomic mass is 32.2. The number of benzene rings is 1. The summed E-state index contributed by atoms with van der Waals surface area (Å²) < 4.78 is 0. The second kappa shape index (κ2) is 5.29. The molecule has 0 aliphatic rings. The first-order valence-corrected chi connectivity index (χ1v) is 5.76. The summed E-state index contributed by atoms with van der Waals surface area (Å²) in [4.78, 5) is 11.6. The third-order valence-corrected chi connectivity index (χ3v) is 3.20. The van der Waals surface area contributed by atoms with Crippen molar-refractivity contribution >= 4 is 17.7 Å². The van der Waals surface area contributed by atoms with Crippen LogP contribution in [-0.2, 0) is 0 Å². The molecule has 0 saturated heterocycles. The molecule has 0 saturated carbocycles. The lowest BCUT2D eigenvalue weighted by atomic mass is 10.2. The molecule has 0 radical (unpaired) electrons. The van der Waals surface area contributed by atoms with Crippen LogP contribution < -0.4 is 0 Å². The van der Waals surface area contributed by atoms with Gasteiger partial charge in [-0.05, 0) is 18.2 Å². The van der Waals surface area contributed by atoms with Gasteiger partial charge in [0.1, 0.15) is 11.1 Å². The van der Waals surface area contributed by atoms with Crippen LogP contribution >= 0.6 is 11.8 Å². The second-order valence-corrected chi connectivity index (χ2v) is 4.30. The number of aromatic nitrogens is 2. The maximum Gasteiger partial charge on any atom is 0.336 e. The number of nitrogens with zero attached hydrogens (tertiary/aromatic N) is 3. The monoisotopic (exact) mass is 257 g/mol. The highest BCUT2D eigenvalue weighted by molar-refractivity contribution is 7.99. The van der Waals surface area contributed by atoms with Crippen LogP contribution in [0.25, 0.3) is 0 Å². The first kappa shape index (κ1) is 12.1. The SMILES string of the molecule is N#Cc1ccnnc1Sc1ccccc1C(=O)O. The highest BCUT2D eigenvalue weighted by Crippen LogP contribution is 2.30. The zero-order valence-corrected chi connectivity index (χ0v) is 9.89. The fraction of sp³-hybridized carbons (Fsp3) is 0. The molecule has 88 valence electrons. The molecular weight excluding hydrogens is 250 g/mol. The normalized spacial score (nSPS) is 9.72. The van der Waals surface area contributed by atoms with Crippen LogP contribution in [-0.4, -0.2) is 21.3 Å². The lowest BCUT2D eigenvalue weighted by molar-refractivity contribution is 0.0693. The van der Waals surface area contributed by atoms with Crippen LogP contribution in [0.2, 0.25) is 0 Å². The number of carbonyl (C=O) groups is 1. The largest absolute Gasteiger partial charge is 0.478 e. The van der Waals surface area contributed by atoms with E-state index in [1.807, 2.05) is 6.07 Å². The van der Waals surface area contributed by atoms with E-state index in [2.05, 4.69) is 10.2 Å². The Kier molecular flexibility index (Phi) is 3.55. The lowest BCUT2D eigenvalue weighted by Gasteiger charge is -2.04. The van der Waals surface area contributed by atoms with Gasteiger partial charge in [-0.25, -0.2) is 4.79 Å². The first-order chi connectivity index (χ1) is 8.72. The van der Waals surface area contributed by atoms with Gasteiger partial charge in [-0.1, -0.05) is 23.9 Å². The molecule has 0 amide bonds. The predicted octanol–water partition coefficient (Wildman–Crippen LogP) is 2.20. The van der Waals surface area contributed by atoms with Crippen molar-refractivity contribution in [1.29, 1.82) is 5.26 Å². The van der Waals surface area contributed by atoms with Crippen LogP contribution in [0.3, 0.4) is 0 Å². The van der Waals surface area contributed by atoms with Gasteiger partial charge < -0.3 is 5.11 Å². The second-order valence-electron chi connectivity index (χ2n) is 3.27. The molecule has 0 spiro atoms. The Morgan fingerprint density at radius 2 is 2.11 bits per heavy atom. The summed E-state index contributed by atoms with van der Waals surface area (Å²) in [6, 6.07) is 10.1. The molecule has 0 unspecified atom stereocenters. The summed E-state index contributed by atoms with van der Waals surface area (Å²) in [6.07, 6.45) is 1.42. The molecule has 1 heterocycles. The Balaban J connectivity index is 2.41. The maximum atomic E-state index is 11.1. The summed E-state index contributed by atoms with van der Waals surface area (Å²) in [5.74, 6) is -1.01. The Labute approximate surface area is 107 Å². The molecule has 0 atom stereocenters. The molecule has 0 fully saturated rings. The van der Waals surface area contributed by atoms with Crippen molar-refractivity contribution in [2.45, 2.75) is 9.92 Å². The topological polar surface area (TPSA) is 86.9 Å². The third-order valence-electron chi connectivity index (χ3n) is 2.13. The van der Waals surface area contributed by atoms with E-state index in [1.54, 1.807) is 24.3 Å². The van der Waals surface area contributed by atoms with Gasteiger partial charge >= 0.3 is 5.97 Å². The van der Waals surface area contributed by atoms with E-state index in [9.17, 15) is 4.79 Å². The zero-order chi connectivity index (χ0) is 13.0. The molecule has 18 heavy (non-hydrogen) atoms. The van der Waals surface area contributed by atoms with E-state index in [0.29, 0.717) is 15.5 Å². The Hall–Kier alpha value is -2.39. The number of rotatable bonds is 3. The Bertz CT molecular complexity index is 637. The molecule has 1 aromatic carbocycles.